The normalized spacial score (nSPS) is 9.00. The number of pyridine rings is 1. The molecule has 3 heteroatoms. The molecule has 0 radical (unpaired) electrons. The monoisotopic (exact) mass is 178 g/mol. The Morgan fingerprint density at radius 3 is 2.83 bits per heavy atom. The minimum atomic E-state index is 0.696. The van der Waals surface area contributed by atoms with E-state index in [0.717, 1.165) is 10.6 Å². The van der Waals surface area contributed by atoms with E-state index in [1.165, 1.54) is 0 Å². The van der Waals surface area contributed by atoms with Gasteiger partial charge in [0.1, 0.15) is 4.99 Å². The molecule has 0 bridgehead atoms. The van der Waals surface area contributed by atoms with E-state index < -0.39 is 0 Å². The number of hydrogen-bond acceptors (Lipinski definition) is 2. The summed E-state index contributed by atoms with van der Waals surface area (Å²) in [6.45, 7) is 4.29. The van der Waals surface area contributed by atoms with Crippen LogP contribution in [0.15, 0.2) is 37.2 Å². The fourth-order valence-corrected chi connectivity index (χ4v) is 0.990. The third-order valence-corrected chi connectivity index (χ3v) is 1.73. The third-order valence-electron chi connectivity index (χ3n) is 1.35. The van der Waals surface area contributed by atoms with E-state index in [4.69, 9.17) is 12.2 Å². The van der Waals surface area contributed by atoms with Crippen LogP contribution in [0.5, 0.6) is 0 Å². The van der Waals surface area contributed by atoms with Crippen LogP contribution in [0, 0.1) is 0 Å². The number of nitrogens with one attached hydrogen (secondary N) is 1. The summed E-state index contributed by atoms with van der Waals surface area (Å²) in [6, 6.07) is 3.75. The van der Waals surface area contributed by atoms with Gasteiger partial charge in [-0.15, -0.1) is 6.58 Å². The molecule has 1 N–H and O–H groups in total. The first-order valence-electron chi connectivity index (χ1n) is 3.63. The first-order chi connectivity index (χ1) is 5.84. The molecule has 1 rings (SSSR count). The third kappa shape index (κ3) is 2.43. The van der Waals surface area contributed by atoms with Gasteiger partial charge in [0, 0.05) is 24.5 Å². The summed E-state index contributed by atoms with van der Waals surface area (Å²) >= 11 is 5.10. The highest BCUT2D eigenvalue weighted by atomic mass is 32.1. The lowest BCUT2D eigenvalue weighted by molar-refractivity contribution is 1.06. The summed E-state index contributed by atoms with van der Waals surface area (Å²) < 4.78 is 0. The van der Waals surface area contributed by atoms with Crippen LogP contribution in [0.1, 0.15) is 5.56 Å². The van der Waals surface area contributed by atoms with Gasteiger partial charge < -0.3 is 5.32 Å². The molecule has 62 valence electrons. The van der Waals surface area contributed by atoms with Gasteiger partial charge in [0.05, 0.1) is 0 Å². The quantitative estimate of drug-likeness (QED) is 0.561. The lowest BCUT2D eigenvalue weighted by Gasteiger charge is -2.03. The Balaban J connectivity index is 2.59. The van der Waals surface area contributed by atoms with Gasteiger partial charge in [-0.2, -0.15) is 0 Å². The van der Waals surface area contributed by atoms with Crippen molar-refractivity contribution in [3.8, 4) is 0 Å². The van der Waals surface area contributed by atoms with Gasteiger partial charge in [-0.1, -0.05) is 18.3 Å². The van der Waals surface area contributed by atoms with Crippen molar-refractivity contribution in [1.82, 2.24) is 10.3 Å². The predicted molar refractivity (Wildman–Crippen MR) is 54.1 cm³/mol. The van der Waals surface area contributed by atoms with Crippen molar-refractivity contribution in [2.75, 3.05) is 6.54 Å². The summed E-state index contributed by atoms with van der Waals surface area (Å²) in [5, 5.41) is 3.03. The number of thiocarbonyl (C=S) groups is 1. The smallest absolute Gasteiger partial charge is 0.106 e. The van der Waals surface area contributed by atoms with Gasteiger partial charge in [-0.05, 0) is 12.1 Å². The molecule has 1 heterocycles. The molecule has 1 aromatic heterocycles. The molecule has 0 unspecified atom stereocenters. The lowest BCUT2D eigenvalue weighted by Crippen LogP contribution is -2.21. The van der Waals surface area contributed by atoms with Crippen molar-refractivity contribution in [2.24, 2.45) is 0 Å². The molecule has 0 atom stereocenters. The molecule has 0 aliphatic carbocycles. The molecule has 0 aliphatic rings. The van der Waals surface area contributed by atoms with E-state index in [0.29, 0.717) is 6.54 Å². The zero-order valence-electron chi connectivity index (χ0n) is 6.66. The van der Waals surface area contributed by atoms with Gasteiger partial charge >= 0.3 is 0 Å². The highest BCUT2D eigenvalue weighted by Crippen LogP contribution is 1.96. The maximum absolute atomic E-state index is 5.10. The molecule has 0 saturated heterocycles. The van der Waals surface area contributed by atoms with Crippen LogP contribution >= 0.6 is 12.2 Å². The van der Waals surface area contributed by atoms with Crippen LogP contribution in [-0.4, -0.2) is 16.5 Å². The fraction of sp³-hybridized carbons (Fsp3) is 0.111. The second-order valence-corrected chi connectivity index (χ2v) is 2.64. The van der Waals surface area contributed by atoms with E-state index in [-0.39, 0.29) is 0 Å². The first kappa shape index (κ1) is 8.87. The second kappa shape index (κ2) is 4.62. The van der Waals surface area contributed by atoms with Crippen molar-refractivity contribution < 1.29 is 0 Å². The molecule has 0 saturated carbocycles. The van der Waals surface area contributed by atoms with Gasteiger partial charge in [-0.3, -0.25) is 4.98 Å². The topological polar surface area (TPSA) is 24.9 Å². The Bertz CT molecular complexity index is 269. The fourth-order valence-electron chi connectivity index (χ4n) is 0.770. The maximum atomic E-state index is 5.10. The van der Waals surface area contributed by atoms with Crippen molar-refractivity contribution in [3.63, 3.8) is 0 Å². The average Bonchev–Trinajstić information content (AvgIpc) is 2.15. The minimum absolute atomic E-state index is 0.696. The van der Waals surface area contributed by atoms with E-state index in [1.54, 1.807) is 18.5 Å². The summed E-state index contributed by atoms with van der Waals surface area (Å²) in [5.41, 5.74) is 0.988. The predicted octanol–water partition coefficient (Wildman–Crippen LogP) is 1.53. The van der Waals surface area contributed by atoms with E-state index in [1.807, 2.05) is 12.1 Å². The van der Waals surface area contributed by atoms with E-state index in [9.17, 15) is 0 Å². The lowest BCUT2D eigenvalue weighted by atomic mass is 10.3. The van der Waals surface area contributed by atoms with Crippen molar-refractivity contribution in [1.29, 1.82) is 0 Å². The summed E-state index contributed by atoms with van der Waals surface area (Å²) in [5.74, 6) is 0. The van der Waals surface area contributed by atoms with Gasteiger partial charge in [-0.25, -0.2) is 0 Å². The molecule has 12 heavy (non-hydrogen) atoms. The molecule has 0 spiro atoms. The Hall–Kier alpha value is -1.22. The van der Waals surface area contributed by atoms with Gasteiger partial charge in [0.15, 0.2) is 0 Å². The van der Waals surface area contributed by atoms with Gasteiger partial charge in [0.25, 0.3) is 0 Å². The largest absolute Gasteiger partial charge is 0.372 e. The Morgan fingerprint density at radius 2 is 2.25 bits per heavy atom. The molecule has 0 amide bonds. The van der Waals surface area contributed by atoms with Crippen LogP contribution in [0.4, 0.5) is 0 Å². The Labute approximate surface area is 77.3 Å². The number of nitrogens with zero attached hydrogens (tertiary/aromatic N) is 1. The Kier molecular flexibility index (Phi) is 3.41. The zero-order chi connectivity index (χ0) is 8.81. The van der Waals surface area contributed by atoms with Crippen LogP contribution in [-0.2, 0) is 0 Å². The molecular weight excluding hydrogens is 168 g/mol. The highest BCUT2D eigenvalue weighted by Gasteiger charge is 1.96. The zero-order valence-corrected chi connectivity index (χ0v) is 7.47. The van der Waals surface area contributed by atoms with Crippen LogP contribution in [0.2, 0.25) is 0 Å². The molecule has 0 fully saturated rings. The van der Waals surface area contributed by atoms with Crippen LogP contribution in [0.3, 0.4) is 0 Å². The number of hydrogen-bond donors (Lipinski definition) is 1. The second-order valence-electron chi connectivity index (χ2n) is 2.23. The van der Waals surface area contributed by atoms with Crippen LogP contribution in [0.25, 0.3) is 0 Å². The van der Waals surface area contributed by atoms with Gasteiger partial charge in [0.2, 0.25) is 0 Å². The number of aromatic nitrogens is 1. The molecule has 2 nitrogen and oxygen atoms in total. The molecule has 0 aliphatic heterocycles. The molecule has 0 aromatic carbocycles. The maximum Gasteiger partial charge on any atom is 0.106 e. The first-order valence-corrected chi connectivity index (χ1v) is 4.04. The highest BCUT2D eigenvalue weighted by molar-refractivity contribution is 7.80. The van der Waals surface area contributed by atoms with Crippen molar-refractivity contribution in [2.45, 2.75) is 0 Å². The van der Waals surface area contributed by atoms with Crippen molar-refractivity contribution in [3.05, 3.63) is 42.7 Å². The SMILES string of the molecule is C=CCNC(=S)c1ccncc1. The summed E-state index contributed by atoms with van der Waals surface area (Å²) in [4.78, 5) is 4.63. The van der Waals surface area contributed by atoms with Crippen LogP contribution < -0.4 is 5.32 Å². The molecular formula is C9H10N2S. The van der Waals surface area contributed by atoms with E-state index >= 15 is 0 Å². The van der Waals surface area contributed by atoms with Crippen molar-refractivity contribution >= 4 is 17.2 Å². The molecule has 1 aromatic rings. The Morgan fingerprint density at radius 1 is 1.58 bits per heavy atom. The van der Waals surface area contributed by atoms with E-state index in [2.05, 4.69) is 16.9 Å². The number of rotatable bonds is 3. The standard InChI is InChI=1S/C9H10N2S/c1-2-5-11-9(12)8-3-6-10-7-4-8/h2-4,6-7H,1,5H2,(H,11,12). The summed E-state index contributed by atoms with van der Waals surface area (Å²) in [7, 11) is 0. The summed E-state index contributed by atoms with van der Waals surface area (Å²) in [6.07, 6.45) is 5.21. The minimum Gasteiger partial charge on any atom is -0.372 e. The average molecular weight is 178 g/mol.